The average Bonchev–Trinajstić information content (AvgIpc) is 2.52. The fraction of sp³-hybridized carbons (Fsp3) is 0.625. The van der Waals surface area contributed by atoms with Crippen LogP contribution in [0.2, 0.25) is 0 Å². The van der Waals surface area contributed by atoms with Gasteiger partial charge in [0.25, 0.3) is 0 Å². The molecule has 1 N–H and O–H groups in total. The molecule has 0 amide bonds. The number of nitrogens with zero attached hydrogens (tertiary/aromatic N) is 1. The maximum Gasteiger partial charge on any atom is 0.416 e. The molecule has 1 atom stereocenters. The number of halogens is 4. The van der Waals surface area contributed by atoms with Crippen molar-refractivity contribution in [2.75, 3.05) is 33.3 Å². The number of methoxy groups -OCH3 is 1. The Morgan fingerprint density at radius 1 is 1.26 bits per heavy atom. The van der Waals surface area contributed by atoms with Gasteiger partial charge in [-0.15, -0.1) is 12.4 Å². The number of rotatable bonds is 5. The lowest BCUT2D eigenvalue weighted by Crippen LogP contribution is -2.45. The van der Waals surface area contributed by atoms with Gasteiger partial charge in [0.2, 0.25) is 0 Å². The van der Waals surface area contributed by atoms with Gasteiger partial charge in [-0.05, 0) is 24.1 Å². The van der Waals surface area contributed by atoms with Crippen LogP contribution >= 0.6 is 12.4 Å². The largest absolute Gasteiger partial charge is 0.497 e. The second-order valence-corrected chi connectivity index (χ2v) is 5.54. The molecule has 0 spiro atoms. The molecule has 23 heavy (non-hydrogen) atoms. The van der Waals surface area contributed by atoms with Crippen LogP contribution in [-0.4, -0.2) is 38.2 Å². The molecular weight excluding hydrogens is 329 g/mol. The van der Waals surface area contributed by atoms with E-state index in [2.05, 4.69) is 10.2 Å². The summed E-state index contributed by atoms with van der Waals surface area (Å²) in [6.07, 6.45) is -2.81. The molecule has 1 saturated heterocycles. The highest BCUT2D eigenvalue weighted by atomic mass is 35.5. The third-order valence-corrected chi connectivity index (χ3v) is 4.08. The highest BCUT2D eigenvalue weighted by Crippen LogP contribution is 2.39. The molecule has 0 unspecified atom stereocenters. The lowest BCUT2D eigenvalue weighted by molar-refractivity contribution is -0.139. The Labute approximate surface area is 141 Å². The van der Waals surface area contributed by atoms with Crippen LogP contribution in [0.5, 0.6) is 5.75 Å². The zero-order chi connectivity index (χ0) is 16.2. The van der Waals surface area contributed by atoms with Crippen molar-refractivity contribution in [1.82, 2.24) is 10.2 Å². The number of ether oxygens (including phenoxy) is 1. The summed E-state index contributed by atoms with van der Waals surface area (Å²) in [5, 5.41) is 3.24. The number of benzene rings is 1. The van der Waals surface area contributed by atoms with Gasteiger partial charge < -0.3 is 10.1 Å². The highest BCUT2D eigenvalue weighted by Gasteiger charge is 2.37. The molecule has 3 nitrogen and oxygen atoms in total. The zero-order valence-corrected chi connectivity index (χ0v) is 14.3. The van der Waals surface area contributed by atoms with Crippen molar-refractivity contribution >= 4 is 12.4 Å². The van der Waals surface area contributed by atoms with Gasteiger partial charge in [0.15, 0.2) is 0 Å². The molecule has 7 heteroatoms. The molecule has 1 aromatic carbocycles. The monoisotopic (exact) mass is 352 g/mol. The fourth-order valence-electron chi connectivity index (χ4n) is 3.00. The molecule has 1 heterocycles. The van der Waals surface area contributed by atoms with Crippen LogP contribution in [0.15, 0.2) is 18.2 Å². The molecular formula is C16H24ClF3N2O. The fourth-order valence-corrected chi connectivity index (χ4v) is 3.00. The van der Waals surface area contributed by atoms with E-state index in [-0.39, 0.29) is 24.2 Å². The molecule has 2 rings (SSSR count). The van der Waals surface area contributed by atoms with Gasteiger partial charge in [-0.2, -0.15) is 13.2 Å². The van der Waals surface area contributed by atoms with Gasteiger partial charge in [0.05, 0.1) is 12.7 Å². The average molecular weight is 353 g/mol. The van der Waals surface area contributed by atoms with Crippen LogP contribution < -0.4 is 10.1 Å². The minimum absolute atomic E-state index is 0. The maximum atomic E-state index is 13.4. The highest BCUT2D eigenvalue weighted by molar-refractivity contribution is 5.85. The lowest BCUT2D eigenvalue weighted by Gasteiger charge is -2.36. The molecule has 1 aromatic rings. The van der Waals surface area contributed by atoms with Crippen LogP contribution in [0.1, 0.15) is 36.9 Å². The first-order chi connectivity index (χ1) is 10.5. The molecule has 0 aromatic heterocycles. The first kappa shape index (κ1) is 20.1. The minimum Gasteiger partial charge on any atom is -0.497 e. The van der Waals surface area contributed by atoms with E-state index < -0.39 is 11.7 Å². The minimum atomic E-state index is -4.37. The molecule has 1 fully saturated rings. The van der Waals surface area contributed by atoms with Crippen LogP contribution in [0, 0.1) is 0 Å². The summed E-state index contributed by atoms with van der Waals surface area (Å²) >= 11 is 0. The summed E-state index contributed by atoms with van der Waals surface area (Å²) in [6, 6.07) is 4.11. The van der Waals surface area contributed by atoms with Crippen LogP contribution in [0.4, 0.5) is 13.2 Å². The van der Waals surface area contributed by atoms with Crippen LogP contribution in [0.25, 0.3) is 0 Å². The van der Waals surface area contributed by atoms with Crippen molar-refractivity contribution in [1.29, 1.82) is 0 Å². The van der Waals surface area contributed by atoms with E-state index in [1.807, 2.05) is 6.92 Å². The van der Waals surface area contributed by atoms with E-state index in [9.17, 15) is 13.2 Å². The normalized spacial score (nSPS) is 17.4. The standard InChI is InChI=1S/C16H23F3N2O.ClH/c1-3-4-15(21-9-7-20-8-10-21)13-6-5-12(22-2)11-14(13)16(17,18)19;/h5-6,11,15,20H,3-4,7-10H2,1-2H3;1H/t15-;/m0./s1. The number of hydrogen-bond acceptors (Lipinski definition) is 3. The quantitative estimate of drug-likeness (QED) is 0.870. The summed E-state index contributed by atoms with van der Waals surface area (Å²) in [5.41, 5.74) is -0.221. The van der Waals surface area contributed by atoms with Gasteiger partial charge >= 0.3 is 6.18 Å². The second kappa shape index (κ2) is 8.76. The third kappa shape index (κ3) is 4.99. The number of piperazine rings is 1. The lowest BCUT2D eigenvalue weighted by atomic mass is 9.94. The number of hydrogen-bond donors (Lipinski definition) is 1. The zero-order valence-electron chi connectivity index (χ0n) is 13.4. The predicted octanol–water partition coefficient (Wildman–Crippen LogP) is 3.88. The van der Waals surface area contributed by atoms with Gasteiger partial charge in [-0.25, -0.2) is 0 Å². The van der Waals surface area contributed by atoms with Gasteiger partial charge in [-0.3, -0.25) is 4.90 Å². The Hall–Kier alpha value is -0.980. The Kier molecular flexibility index (Phi) is 7.64. The van der Waals surface area contributed by atoms with E-state index >= 15 is 0 Å². The SMILES string of the molecule is CCC[C@@H](c1ccc(OC)cc1C(F)(F)F)N1CCNCC1.Cl. The Balaban J connectivity index is 0.00000264. The Bertz CT molecular complexity index is 491. The predicted molar refractivity (Wildman–Crippen MR) is 87.3 cm³/mol. The van der Waals surface area contributed by atoms with Crippen molar-refractivity contribution in [2.45, 2.75) is 32.0 Å². The molecule has 0 aliphatic carbocycles. The third-order valence-electron chi connectivity index (χ3n) is 4.08. The smallest absolute Gasteiger partial charge is 0.416 e. The molecule has 0 saturated carbocycles. The number of alkyl halides is 3. The first-order valence-corrected chi connectivity index (χ1v) is 7.67. The molecule has 1 aliphatic rings. The van der Waals surface area contributed by atoms with Crippen molar-refractivity contribution in [3.8, 4) is 5.75 Å². The van der Waals surface area contributed by atoms with Crippen LogP contribution in [0.3, 0.4) is 0 Å². The van der Waals surface area contributed by atoms with Crippen molar-refractivity contribution in [3.63, 3.8) is 0 Å². The van der Waals surface area contributed by atoms with E-state index in [1.165, 1.54) is 7.11 Å². The summed E-state index contributed by atoms with van der Waals surface area (Å²) < 4.78 is 45.3. The van der Waals surface area contributed by atoms with Crippen LogP contribution in [-0.2, 0) is 6.18 Å². The van der Waals surface area contributed by atoms with E-state index in [4.69, 9.17) is 4.74 Å². The summed E-state index contributed by atoms with van der Waals surface area (Å²) in [4.78, 5) is 2.15. The van der Waals surface area contributed by atoms with Gasteiger partial charge in [-0.1, -0.05) is 19.4 Å². The summed E-state index contributed by atoms with van der Waals surface area (Å²) in [6.45, 7) is 5.18. The maximum absolute atomic E-state index is 13.4. The Morgan fingerprint density at radius 3 is 2.43 bits per heavy atom. The molecule has 1 aliphatic heterocycles. The van der Waals surface area contributed by atoms with Crippen molar-refractivity contribution < 1.29 is 17.9 Å². The van der Waals surface area contributed by atoms with E-state index in [0.29, 0.717) is 5.56 Å². The summed E-state index contributed by atoms with van der Waals surface area (Å²) in [5.74, 6) is 0.242. The number of nitrogens with one attached hydrogen (secondary N) is 1. The van der Waals surface area contributed by atoms with E-state index in [0.717, 1.165) is 45.1 Å². The first-order valence-electron chi connectivity index (χ1n) is 7.67. The second-order valence-electron chi connectivity index (χ2n) is 5.54. The molecule has 0 radical (unpaired) electrons. The summed E-state index contributed by atoms with van der Waals surface area (Å²) in [7, 11) is 1.38. The topological polar surface area (TPSA) is 24.5 Å². The molecule has 132 valence electrons. The van der Waals surface area contributed by atoms with Gasteiger partial charge in [0.1, 0.15) is 5.75 Å². The Morgan fingerprint density at radius 2 is 1.91 bits per heavy atom. The van der Waals surface area contributed by atoms with Crippen molar-refractivity contribution in [3.05, 3.63) is 29.3 Å². The van der Waals surface area contributed by atoms with Gasteiger partial charge in [0, 0.05) is 32.2 Å². The molecule has 0 bridgehead atoms. The van der Waals surface area contributed by atoms with Crippen molar-refractivity contribution in [2.24, 2.45) is 0 Å². The van der Waals surface area contributed by atoms with E-state index in [1.54, 1.807) is 12.1 Å².